The van der Waals surface area contributed by atoms with E-state index in [0.717, 1.165) is 22.6 Å². The molecular formula is C17H22O3S. The van der Waals surface area contributed by atoms with Crippen LogP contribution in [0.25, 0.3) is 0 Å². The number of aryl methyl sites for hydroxylation is 1. The van der Waals surface area contributed by atoms with Crippen molar-refractivity contribution in [2.45, 2.75) is 50.0 Å². The van der Waals surface area contributed by atoms with E-state index in [9.17, 15) is 9.90 Å². The van der Waals surface area contributed by atoms with Gasteiger partial charge in [0.1, 0.15) is 5.60 Å². The zero-order chi connectivity index (χ0) is 15.3. The van der Waals surface area contributed by atoms with Crippen molar-refractivity contribution in [1.29, 1.82) is 0 Å². The molecule has 21 heavy (non-hydrogen) atoms. The van der Waals surface area contributed by atoms with Gasteiger partial charge in [-0.2, -0.15) is 0 Å². The lowest BCUT2D eigenvalue weighted by Crippen LogP contribution is -2.35. The predicted molar refractivity (Wildman–Crippen MR) is 85.2 cm³/mol. The molecule has 0 amide bonds. The van der Waals surface area contributed by atoms with E-state index in [-0.39, 0.29) is 12.4 Å². The van der Waals surface area contributed by atoms with E-state index in [1.54, 1.807) is 18.7 Å². The molecule has 1 aromatic carbocycles. The van der Waals surface area contributed by atoms with Crippen LogP contribution in [0.2, 0.25) is 0 Å². The topological polar surface area (TPSA) is 46.5 Å². The molecule has 0 radical (unpaired) electrons. The fourth-order valence-corrected chi connectivity index (χ4v) is 3.53. The lowest BCUT2D eigenvalue weighted by molar-refractivity contribution is -0.147. The number of hydrogen-bond acceptors (Lipinski definition) is 4. The van der Waals surface area contributed by atoms with Crippen LogP contribution in [0.5, 0.6) is 0 Å². The molecule has 1 atom stereocenters. The van der Waals surface area contributed by atoms with Gasteiger partial charge < -0.3 is 9.84 Å². The van der Waals surface area contributed by atoms with E-state index < -0.39 is 5.60 Å². The normalized spacial score (nSPS) is 21.8. The molecule has 114 valence electrons. The molecule has 3 nitrogen and oxygen atoms in total. The summed E-state index contributed by atoms with van der Waals surface area (Å²) in [4.78, 5) is 13.7. The summed E-state index contributed by atoms with van der Waals surface area (Å²) < 4.78 is 4.99. The monoisotopic (exact) mass is 306 g/mol. The third-order valence-corrected chi connectivity index (χ3v) is 4.85. The number of ether oxygens (including phenoxy) is 1. The van der Waals surface area contributed by atoms with Crippen LogP contribution >= 0.6 is 11.8 Å². The molecule has 0 heterocycles. The van der Waals surface area contributed by atoms with Crippen LogP contribution in [0.3, 0.4) is 0 Å². The van der Waals surface area contributed by atoms with Gasteiger partial charge in [0.05, 0.1) is 13.0 Å². The van der Waals surface area contributed by atoms with Crippen molar-refractivity contribution in [3.05, 3.63) is 40.8 Å². The smallest absolute Gasteiger partial charge is 0.309 e. The van der Waals surface area contributed by atoms with E-state index in [1.807, 2.05) is 25.1 Å². The molecule has 0 aromatic heterocycles. The van der Waals surface area contributed by atoms with E-state index in [1.165, 1.54) is 5.56 Å². The molecule has 1 aliphatic rings. The largest absolute Gasteiger partial charge is 0.466 e. The van der Waals surface area contributed by atoms with Gasteiger partial charge in [-0.1, -0.05) is 35.5 Å². The zero-order valence-corrected chi connectivity index (χ0v) is 13.4. The Hall–Kier alpha value is -1.26. The van der Waals surface area contributed by atoms with Crippen molar-refractivity contribution in [3.8, 4) is 0 Å². The van der Waals surface area contributed by atoms with Gasteiger partial charge in [0.25, 0.3) is 0 Å². The van der Waals surface area contributed by atoms with Gasteiger partial charge in [-0.15, -0.1) is 0 Å². The molecule has 0 bridgehead atoms. The Morgan fingerprint density at radius 3 is 2.76 bits per heavy atom. The Labute approximate surface area is 130 Å². The van der Waals surface area contributed by atoms with Crippen LogP contribution < -0.4 is 0 Å². The second-order valence-electron chi connectivity index (χ2n) is 5.39. The van der Waals surface area contributed by atoms with Crippen molar-refractivity contribution in [1.82, 2.24) is 0 Å². The van der Waals surface area contributed by atoms with Gasteiger partial charge in [0.15, 0.2) is 0 Å². The van der Waals surface area contributed by atoms with Gasteiger partial charge in [-0.25, -0.2) is 0 Å². The second-order valence-corrected chi connectivity index (χ2v) is 6.50. The first kappa shape index (κ1) is 16.1. The van der Waals surface area contributed by atoms with E-state index in [4.69, 9.17) is 4.74 Å². The molecule has 0 fully saturated rings. The van der Waals surface area contributed by atoms with Gasteiger partial charge in [-0.3, -0.25) is 4.79 Å². The van der Waals surface area contributed by atoms with Gasteiger partial charge in [0, 0.05) is 9.80 Å². The minimum absolute atomic E-state index is 0.0333. The van der Waals surface area contributed by atoms with Crippen LogP contribution in [-0.4, -0.2) is 23.3 Å². The van der Waals surface area contributed by atoms with Crippen molar-refractivity contribution in [2.24, 2.45) is 0 Å². The molecule has 0 aliphatic heterocycles. The molecule has 1 aromatic rings. The molecule has 0 unspecified atom stereocenters. The fraction of sp³-hybridized carbons (Fsp3) is 0.471. The third kappa shape index (κ3) is 4.35. The number of benzene rings is 1. The Balaban J connectivity index is 2.12. The summed E-state index contributed by atoms with van der Waals surface area (Å²) >= 11 is 1.54. The predicted octanol–water partition coefficient (Wildman–Crippen LogP) is 3.84. The van der Waals surface area contributed by atoms with Crippen LogP contribution in [0.15, 0.2) is 40.1 Å². The Bertz CT molecular complexity index is 521. The van der Waals surface area contributed by atoms with Crippen molar-refractivity contribution in [2.75, 3.05) is 6.61 Å². The molecule has 1 aliphatic carbocycles. The van der Waals surface area contributed by atoms with E-state index in [0.29, 0.717) is 13.0 Å². The highest BCUT2D eigenvalue weighted by atomic mass is 32.2. The zero-order valence-electron chi connectivity index (χ0n) is 12.6. The number of carbonyl (C=O) groups is 1. The number of carbonyl (C=O) groups excluding carboxylic acids is 1. The maximum Gasteiger partial charge on any atom is 0.309 e. The van der Waals surface area contributed by atoms with Gasteiger partial charge in [0.2, 0.25) is 0 Å². The van der Waals surface area contributed by atoms with Crippen molar-refractivity contribution >= 4 is 17.7 Å². The first-order valence-corrected chi connectivity index (χ1v) is 8.18. The lowest BCUT2D eigenvalue weighted by Gasteiger charge is -2.32. The van der Waals surface area contributed by atoms with E-state index >= 15 is 0 Å². The standard InChI is InChI=1S/C17H22O3S/c1-3-20-16(18)12-17(19)11-5-4-6-15(17)21-14-9-7-13(2)8-10-14/h6-10,19H,3-5,11-12H2,1-2H3/t17-/m1/s1. The summed E-state index contributed by atoms with van der Waals surface area (Å²) in [6.07, 6.45) is 4.53. The van der Waals surface area contributed by atoms with Crippen LogP contribution in [0.4, 0.5) is 0 Å². The number of allylic oxidation sites excluding steroid dienone is 1. The van der Waals surface area contributed by atoms with Crippen molar-refractivity contribution in [3.63, 3.8) is 0 Å². The second kappa shape index (κ2) is 7.14. The van der Waals surface area contributed by atoms with E-state index in [2.05, 4.69) is 12.1 Å². The molecular weight excluding hydrogens is 284 g/mol. The summed E-state index contributed by atoms with van der Waals surface area (Å²) in [7, 11) is 0. The molecule has 0 saturated carbocycles. The average Bonchev–Trinajstić information content (AvgIpc) is 2.44. The molecule has 0 spiro atoms. The molecule has 4 heteroatoms. The average molecular weight is 306 g/mol. The van der Waals surface area contributed by atoms with Crippen LogP contribution in [0, 0.1) is 6.92 Å². The van der Waals surface area contributed by atoms with Crippen LogP contribution in [-0.2, 0) is 9.53 Å². The Kier molecular flexibility index (Phi) is 5.48. The summed E-state index contributed by atoms with van der Waals surface area (Å²) in [6, 6.07) is 8.19. The lowest BCUT2D eigenvalue weighted by atomic mass is 9.88. The molecule has 2 rings (SSSR count). The first-order chi connectivity index (χ1) is 10.0. The number of hydrogen-bond donors (Lipinski definition) is 1. The number of thioether (sulfide) groups is 1. The number of rotatable bonds is 5. The molecule has 0 saturated heterocycles. The minimum Gasteiger partial charge on any atom is -0.466 e. The maximum atomic E-state index is 11.7. The summed E-state index contributed by atoms with van der Waals surface area (Å²) in [5.74, 6) is -0.336. The quantitative estimate of drug-likeness (QED) is 0.840. The summed E-state index contributed by atoms with van der Waals surface area (Å²) in [5.41, 5.74) is 0.124. The highest BCUT2D eigenvalue weighted by Gasteiger charge is 2.36. The summed E-state index contributed by atoms with van der Waals surface area (Å²) in [5, 5.41) is 10.9. The first-order valence-electron chi connectivity index (χ1n) is 7.36. The molecule has 1 N–H and O–H groups in total. The highest BCUT2D eigenvalue weighted by Crippen LogP contribution is 2.42. The number of aliphatic hydroxyl groups is 1. The van der Waals surface area contributed by atoms with Crippen LogP contribution in [0.1, 0.15) is 38.2 Å². The summed E-state index contributed by atoms with van der Waals surface area (Å²) in [6.45, 7) is 4.17. The van der Waals surface area contributed by atoms with Gasteiger partial charge in [-0.05, 0) is 45.2 Å². The van der Waals surface area contributed by atoms with Crippen molar-refractivity contribution < 1.29 is 14.6 Å². The number of esters is 1. The maximum absolute atomic E-state index is 11.7. The fourth-order valence-electron chi connectivity index (χ4n) is 2.44. The minimum atomic E-state index is -1.08. The SMILES string of the molecule is CCOC(=O)C[C@]1(O)CCCC=C1Sc1ccc(C)cc1. The highest BCUT2D eigenvalue weighted by molar-refractivity contribution is 8.03. The Morgan fingerprint density at radius 1 is 1.38 bits per heavy atom. The van der Waals surface area contributed by atoms with Gasteiger partial charge >= 0.3 is 5.97 Å². The Morgan fingerprint density at radius 2 is 2.10 bits per heavy atom. The third-order valence-electron chi connectivity index (χ3n) is 3.57.